The summed E-state index contributed by atoms with van der Waals surface area (Å²) in [6.45, 7) is 8.29. The van der Waals surface area contributed by atoms with Gasteiger partial charge in [0.25, 0.3) is 5.91 Å². The fourth-order valence-electron chi connectivity index (χ4n) is 8.18. The number of unbranched alkanes of at least 4 members (excludes halogenated alkanes) is 2. The van der Waals surface area contributed by atoms with Crippen LogP contribution in [0.3, 0.4) is 0 Å². The van der Waals surface area contributed by atoms with Crippen LogP contribution in [0.2, 0.25) is 0 Å². The first-order chi connectivity index (χ1) is 24.7. The van der Waals surface area contributed by atoms with Crippen LogP contribution in [0.5, 0.6) is 0 Å². The second-order valence-corrected chi connectivity index (χ2v) is 13.8. The van der Waals surface area contributed by atoms with Gasteiger partial charge in [-0.1, -0.05) is 54.6 Å². The molecule has 4 heterocycles. The molecule has 2 fully saturated rings. The summed E-state index contributed by atoms with van der Waals surface area (Å²) in [5, 5.41) is 12.4. The molecule has 6 rings (SSSR count). The Balaban J connectivity index is 1.40. The lowest BCUT2D eigenvalue weighted by Crippen LogP contribution is -2.55. The number of amides is 3. The number of nitrogens with one attached hydrogen (secondary N) is 1. The molecule has 2 N–H and O–H groups in total. The average Bonchev–Trinajstić information content (AvgIpc) is 3.52. The number of ether oxygens (including phenoxy) is 2. The van der Waals surface area contributed by atoms with Crippen molar-refractivity contribution in [2.45, 2.75) is 82.8 Å². The van der Waals surface area contributed by atoms with E-state index in [1.807, 2.05) is 66.7 Å². The number of benzene rings is 2. The van der Waals surface area contributed by atoms with Crippen molar-refractivity contribution in [3.63, 3.8) is 0 Å². The van der Waals surface area contributed by atoms with Crippen LogP contribution in [0.15, 0.2) is 78.9 Å². The van der Waals surface area contributed by atoms with Crippen LogP contribution in [0.1, 0.15) is 64.5 Å². The predicted octanol–water partition coefficient (Wildman–Crippen LogP) is 4.32. The lowest BCUT2D eigenvalue weighted by Gasteiger charge is -2.35. The van der Waals surface area contributed by atoms with E-state index in [9.17, 15) is 24.3 Å². The lowest BCUT2D eigenvalue weighted by atomic mass is 9.77. The Morgan fingerprint density at radius 2 is 1.69 bits per heavy atom. The average molecular weight is 699 g/mol. The maximum Gasteiger partial charge on any atom is 0.313 e. The number of carbonyl (C=O) groups excluding carboxylic acids is 4. The number of hydrogen-bond donors (Lipinski definition) is 2. The molecule has 7 atom stereocenters. The minimum absolute atomic E-state index is 0.0371. The van der Waals surface area contributed by atoms with E-state index in [1.165, 1.54) is 0 Å². The van der Waals surface area contributed by atoms with Crippen molar-refractivity contribution >= 4 is 35.1 Å². The van der Waals surface area contributed by atoms with Crippen molar-refractivity contribution in [3.8, 4) is 0 Å². The number of allylic oxidation sites excluding steroid dienone is 1. The molecule has 272 valence electrons. The van der Waals surface area contributed by atoms with Crippen molar-refractivity contribution in [2.24, 2.45) is 11.8 Å². The van der Waals surface area contributed by atoms with E-state index in [-0.39, 0.29) is 43.8 Å². The van der Waals surface area contributed by atoms with Gasteiger partial charge in [-0.3, -0.25) is 19.2 Å². The smallest absolute Gasteiger partial charge is 0.313 e. The highest BCUT2D eigenvalue weighted by Crippen LogP contribution is 2.53. The normalized spacial score (nSPS) is 30.0. The highest BCUT2D eigenvalue weighted by atomic mass is 16.6. The minimum atomic E-state index is -1.43. The van der Waals surface area contributed by atoms with E-state index in [4.69, 9.17) is 9.47 Å². The molecule has 0 aromatic heterocycles. The lowest BCUT2D eigenvalue weighted by molar-refractivity contribution is -0.161. The zero-order chi connectivity index (χ0) is 36.1. The van der Waals surface area contributed by atoms with E-state index in [0.717, 1.165) is 18.8 Å². The Kier molecular flexibility index (Phi) is 11.3. The fourth-order valence-corrected chi connectivity index (χ4v) is 8.18. The molecule has 3 amide bonds. The van der Waals surface area contributed by atoms with Gasteiger partial charge in [0.2, 0.25) is 11.8 Å². The SMILES string of the molecule is CCN(CC)c1ccc(N2CC=C[C@]34O[C@@H]5/C=C\CCC(=O)N[C@H](C)[C@@H](c6ccccc6)OC(=O)[C@@H]5[C@H]3C(=O)N(CCCCCO)[C@@H]4C2=O)cc1. The Labute approximate surface area is 300 Å². The van der Waals surface area contributed by atoms with Gasteiger partial charge in [-0.15, -0.1) is 0 Å². The van der Waals surface area contributed by atoms with Crippen molar-refractivity contribution < 1.29 is 33.8 Å². The van der Waals surface area contributed by atoms with E-state index in [2.05, 4.69) is 24.1 Å². The van der Waals surface area contributed by atoms with Crippen LogP contribution in [-0.2, 0) is 28.7 Å². The van der Waals surface area contributed by atoms with Gasteiger partial charge in [-0.25, -0.2) is 0 Å². The first kappa shape index (κ1) is 36.3. The van der Waals surface area contributed by atoms with Crippen LogP contribution in [0.25, 0.3) is 0 Å². The van der Waals surface area contributed by atoms with Crippen molar-refractivity contribution in [1.82, 2.24) is 10.2 Å². The molecule has 2 saturated heterocycles. The Morgan fingerprint density at radius 1 is 0.941 bits per heavy atom. The molecule has 11 heteroatoms. The molecule has 0 aliphatic carbocycles. The number of hydrogen-bond acceptors (Lipinski definition) is 8. The molecule has 0 saturated carbocycles. The molecule has 4 aliphatic heterocycles. The van der Waals surface area contributed by atoms with E-state index in [1.54, 1.807) is 28.9 Å². The van der Waals surface area contributed by atoms with Gasteiger partial charge in [-0.05, 0) is 76.3 Å². The maximum absolute atomic E-state index is 14.9. The summed E-state index contributed by atoms with van der Waals surface area (Å²) in [5.74, 6) is -3.46. The van der Waals surface area contributed by atoms with Crippen LogP contribution in [0.4, 0.5) is 11.4 Å². The highest BCUT2D eigenvalue weighted by molar-refractivity contribution is 6.05. The number of cyclic esters (lactones) is 1. The third-order valence-corrected chi connectivity index (χ3v) is 10.7. The van der Waals surface area contributed by atoms with Gasteiger partial charge in [0, 0.05) is 50.6 Å². The zero-order valence-corrected chi connectivity index (χ0v) is 29.8. The van der Waals surface area contributed by atoms with Gasteiger partial charge in [0.05, 0.1) is 18.1 Å². The van der Waals surface area contributed by atoms with Gasteiger partial charge in [0.15, 0.2) is 0 Å². The molecule has 11 nitrogen and oxygen atoms in total. The van der Waals surface area contributed by atoms with Gasteiger partial charge >= 0.3 is 5.97 Å². The first-order valence-electron chi connectivity index (χ1n) is 18.4. The fraction of sp³-hybridized carbons (Fsp3) is 0.500. The number of anilines is 2. The molecule has 51 heavy (non-hydrogen) atoms. The predicted molar refractivity (Wildman–Crippen MR) is 194 cm³/mol. The van der Waals surface area contributed by atoms with E-state index >= 15 is 0 Å². The standard InChI is InChI=1S/C40H50N4O7/c1-4-42(5-2)29-19-21-30(22-20-29)43-25-14-23-40-34(37(47)44(36(40)38(43)48)24-12-7-13-26-45)33-31(51-40)17-10-11-18-32(46)41-27(3)35(50-39(33)49)28-15-8-6-9-16-28/h6,8-10,14-17,19-23,27,31,33-36,45H,4-5,7,11-13,18,24-26H2,1-3H3,(H,41,46)/b17-10-/t27-,31-,33+,34+,35+,36-,40+/m1/s1. The van der Waals surface area contributed by atoms with Crippen molar-refractivity contribution in [1.29, 1.82) is 0 Å². The second kappa shape index (κ2) is 15.8. The van der Waals surface area contributed by atoms with Crippen LogP contribution >= 0.6 is 0 Å². The number of esters is 1. The molecule has 1 spiro atoms. The summed E-state index contributed by atoms with van der Waals surface area (Å²) in [4.78, 5) is 62.4. The minimum Gasteiger partial charge on any atom is -0.455 e. The topological polar surface area (TPSA) is 129 Å². The Hall–Kier alpha value is -4.48. The Morgan fingerprint density at radius 3 is 2.39 bits per heavy atom. The highest BCUT2D eigenvalue weighted by Gasteiger charge is 2.71. The number of carbonyl (C=O) groups is 4. The molecule has 0 unspecified atom stereocenters. The molecular weight excluding hydrogens is 648 g/mol. The summed E-state index contributed by atoms with van der Waals surface area (Å²) >= 11 is 0. The van der Waals surface area contributed by atoms with Gasteiger partial charge < -0.3 is 34.6 Å². The quantitative estimate of drug-likeness (QED) is 0.214. The largest absolute Gasteiger partial charge is 0.455 e. The summed E-state index contributed by atoms with van der Waals surface area (Å²) in [6.07, 6.45) is 8.03. The van der Waals surface area contributed by atoms with E-state index in [0.29, 0.717) is 36.9 Å². The maximum atomic E-state index is 14.9. The molecule has 4 aliphatic rings. The van der Waals surface area contributed by atoms with Gasteiger partial charge in [-0.2, -0.15) is 0 Å². The number of nitrogens with zero attached hydrogens (tertiary/aromatic N) is 3. The van der Waals surface area contributed by atoms with Crippen LogP contribution in [0, 0.1) is 11.8 Å². The molecular formula is C40H50N4O7. The molecule has 0 radical (unpaired) electrons. The third-order valence-electron chi connectivity index (χ3n) is 10.7. The van der Waals surface area contributed by atoms with Crippen molar-refractivity contribution in [3.05, 3.63) is 84.5 Å². The number of rotatable bonds is 10. The van der Waals surface area contributed by atoms with Crippen LogP contribution in [-0.4, -0.2) is 90.3 Å². The summed E-state index contributed by atoms with van der Waals surface area (Å²) < 4.78 is 13.1. The molecule has 2 aromatic rings. The second-order valence-electron chi connectivity index (χ2n) is 13.8. The first-order valence-corrected chi connectivity index (χ1v) is 18.4. The number of fused-ring (bicyclic) bond motifs is 2. The molecule has 0 bridgehead atoms. The number of aliphatic hydroxyl groups is 1. The van der Waals surface area contributed by atoms with Gasteiger partial charge in [0.1, 0.15) is 23.7 Å². The zero-order valence-electron chi connectivity index (χ0n) is 29.8. The Bertz CT molecular complexity index is 1620. The number of likely N-dealkylation sites (tertiary alicyclic amines) is 1. The third kappa shape index (κ3) is 7.06. The summed E-state index contributed by atoms with van der Waals surface area (Å²) in [6, 6.07) is 15.5. The van der Waals surface area contributed by atoms with Crippen LogP contribution < -0.4 is 15.1 Å². The monoisotopic (exact) mass is 698 g/mol. The van der Waals surface area contributed by atoms with Crippen molar-refractivity contribution in [2.75, 3.05) is 42.6 Å². The summed E-state index contributed by atoms with van der Waals surface area (Å²) in [7, 11) is 0. The molecule has 2 aromatic carbocycles. The summed E-state index contributed by atoms with van der Waals surface area (Å²) in [5.41, 5.74) is 1.04. The number of aliphatic hydroxyl groups excluding tert-OH is 1. The van der Waals surface area contributed by atoms with E-state index < -0.39 is 47.7 Å².